The van der Waals surface area contributed by atoms with Crippen molar-refractivity contribution in [3.63, 3.8) is 0 Å². The molecule has 0 fully saturated rings. The lowest BCUT2D eigenvalue weighted by molar-refractivity contribution is -0.115. The minimum Gasteiger partial charge on any atom is -0.332 e. The van der Waals surface area contributed by atoms with Crippen molar-refractivity contribution in [2.45, 2.75) is 20.3 Å². The number of benzene rings is 2. The summed E-state index contributed by atoms with van der Waals surface area (Å²) in [5, 5.41) is 8.55. The number of anilines is 2. The third kappa shape index (κ3) is 5.17. The van der Waals surface area contributed by atoms with Gasteiger partial charge in [0.15, 0.2) is 5.11 Å². The normalized spacial score (nSPS) is 9.92. The molecule has 0 atom stereocenters. The zero-order chi connectivity index (χ0) is 17.5. The maximum atomic E-state index is 12.1. The Balaban J connectivity index is 1.92. The molecule has 0 radical (unpaired) electrons. The summed E-state index contributed by atoms with van der Waals surface area (Å²) < 4.78 is 0. The Morgan fingerprint density at radius 2 is 1.62 bits per heavy atom. The van der Waals surface area contributed by atoms with Crippen LogP contribution in [-0.2, 0) is 4.79 Å². The molecule has 0 saturated carbocycles. The Kier molecular flexibility index (Phi) is 6.03. The van der Waals surface area contributed by atoms with Crippen LogP contribution < -0.4 is 16.0 Å². The maximum absolute atomic E-state index is 12.1. The second-order valence-corrected chi connectivity index (χ2v) is 5.67. The van der Waals surface area contributed by atoms with Crippen LogP contribution in [0.3, 0.4) is 0 Å². The highest BCUT2D eigenvalue weighted by Crippen LogP contribution is 2.14. The first-order chi connectivity index (χ1) is 11.5. The first kappa shape index (κ1) is 17.6. The van der Waals surface area contributed by atoms with Gasteiger partial charge in [-0.15, -0.1) is 0 Å². The minimum atomic E-state index is -0.261. The fourth-order valence-electron chi connectivity index (χ4n) is 2.01. The first-order valence-corrected chi connectivity index (χ1v) is 7.97. The van der Waals surface area contributed by atoms with E-state index < -0.39 is 0 Å². The summed E-state index contributed by atoms with van der Waals surface area (Å²) in [4.78, 5) is 23.4. The van der Waals surface area contributed by atoms with Crippen LogP contribution in [0.15, 0.2) is 48.5 Å². The van der Waals surface area contributed by atoms with Gasteiger partial charge in [-0.3, -0.25) is 14.9 Å². The van der Waals surface area contributed by atoms with Crippen LogP contribution in [0.2, 0.25) is 0 Å². The van der Waals surface area contributed by atoms with Gasteiger partial charge in [-0.2, -0.15) is 0 Å². The zero-order valence-electron chi connectivity index (χ0n) is 13.6. The van der Waals surface area contributed by atoms with Gasteiger partial charge >= 0.3 is 0 Å². The quantitative estimate of drug-likeness (QED) is 0.745. The van der Waals surface area contributed by atoms with E-state index in [4.69, 9.17) is 12.2 Å². The van der Waals surface area contributed by atoms with E-state index >= 15 is 0 Å². The Bertz CT molecular complexity index is 757. The summed E-state index contributed by atoms with van der Waals surface area (Å²) in [7, 11) is 0. The number of amides is 2. The molecule has 0 bridgehead atoms. The molecule has 5 nitrogen and oxygen atoms in total. The molecule has 0 aliphatic heterocycles. The van der Waals surface area contributed by atoms with Gasteiger partial charge in [0.05, 0.1) is 0 Å². The second kappa shape index (κ2) is 8.21. The van der Waals surface area contributed by atoms with E-state index in [-0.39, 0.29) is 16.9 Å². The van der Waals surface area contributed by atoms with Crippen molar-refractivity contribution in [3.05, 3.63) is 59.7 Å². The van der Waals surface area contributed by atoms with Crippen molar-refractivity contribution in [3.8, 4) is 0 Å². The standard InChI is InChI=1S/C18H19N3O2S/c1-3-16(22)19-14-7-9-15(10-8-14)20-18(24)21-17(23)13-6-4-5-12(2)11-13/h4-11H,3H2,1-2H3,(H,19,22)(H2,20,21,23,24). The molecule has 3 N–H and O–H groups in total. The summed E-state index contributed by atoms with van der Waals surface area (Å²) in [6.07, 6.45) is 0.426. The predicted molar refractivity (Wildman–Crippen MR) is 100 cm³/mol. The smallest absolute Gasteiger partial charge is 0.257 e. The molecule has 0 aromatic heterocycles. The molecular formula is C18H19N3O2S. The third-order valence-electron chi connectivity index (χ3n) is 3.25. The Morgan fingerprint density at radius 1 is 1.00 bits per heavy atom. The fraction of sp³-hybridized carbons (Fsp3) is 0.167. The highest BCUT2D eigenvalue weighted by molar-refractivity contribution is 7.80. The van der Waals surface area contributed by atoms with Crippen molar-refractivity contribution < 1.29 is 9.59 Å². The van der Waals surface area contributed by atoms with Gasteiger partial charge in [0.1, 0.15) is 0 Å². The predicted octanol–water partition coefficient (Wildman–Crippen LogP) is 3.47. The molecule has 2 aromatic rings. The molecule has 0 aliphatic rings. The SMILES string of the molecule is CCC(=O)Nc1ccc(NC(=S)NC(=O)c2cccc(C)c2)cc1. The first-order valence-electron chi connectivity index (χ1n) is 7.57. The number of hydrogen-bond acceptors (Lipinski definition) is 3. The third-order valence-corrected chi connectivity index (χ3v) is 3.46. The van der Waals surface area contributed by atoms with Gasteiger partial charge in [-0.05, 0) is 55.5 Å². The molecule has 2 rings (SSSR count). The van der Waals surface area contributed by atoms with Crippen LogP contribution in [0.4, 0.5) is 11.4 Å². The van der Waals surface area contributed by atoms with E-state index in [1.165, 1.54) is 0 Å². The summed E-state index contributed by atoms with van der Waals surface area (Å²) in [6.45, 7) is 3.72. The van der Waals surface area contributed by atoms with Crippen LogP contribution in [0, 0.1) is 6.92 Å². The molecule has 2 amide bonds. The highest BCUT2D eigenvalue weighted by atomic mass is 32.1. The number of carbonyl (C=O) groups is 2. The van der Waals surface area contributed by atoms with Crippen molar-refractivity contribution in [1.29, 1.82) is 0 Å². The van der Waals surface area contributed by atoms with Gasteiger partial charge in [-0.1, -0.05) is 24.6 Å². The van der Waals surface area contributed by atoms with Crippen LogP contribution in [0.1, 0.15) is 29.3 Å². The van der Waals surface area contributed by atoms with Crippen LogP contribution in [-0.4, -0.2) is 16.9 Å². The van der Waals surface area contributed by atoms with E-state index in [1.807, 2.05) is 19.1 Å². The number of hydrogen-bond donors (Lipinski definition) is 3. The van der Waals surface area contributed by atoms with Gasteiger partial charge < -0.3 is 10.6 Å². The molecule has 6 heteroatoms. The van der Waals surface area contributed by atoms with Crippen LogP contribution >= 0.6 is 12.2 Å². The molecule has 2 aromatic carbocycles. The summed E-state index contributed by atoms with van der Waals surface area (Å²) in [6, 6.07) is 14.4. The Hall–Kier alpha value is -2.73. The molecule has 0 saturated heterocycles. The van der Waals surface area contributed by atoms with Crippen molar-refractivity contribution in [1.82, 2.24) is 5.32 Å². The molecule has 0 aliphatic carbocycles. The van der Waals surface area contributed by atoms with E-state index in [0.29, 0.717) is 17.7 Å². The minimum absolute atomic E-state index is 0.0448. The molecular weight excluding hydrogens is 322 g/mol. The number of aryl methyl sites for hydroxylation is 1. The zero-order valence-corrected chi connectivity index (χ0v) is 14.4. The van der Waals surface area contributed by atoms with Gasteiger partial charge in [-0.25, -0.2) is 0 Å². The second-order valence-electron chi connectivity index (χ2n) is 5.26. The molecule has 0 spiro atoms. The number of thiocarbonyl (C=S) groups is 1. The molecule has 24 heavy (non-hydrogen) atoms. The van der Waals surface area contributed by atoms with Gasteiger partial charge in [0.2, 0.25) is 5.91 Å². The lowest BCUT2D eigenvalue weighted by Gasteiger charge is -2.11. The number of carbonyl (C=O) groups excluding carboxylic acids is 2. The topological polar surface area (TPSA) is 70.2 Å². The average molecular weight is 341 g/mol. The molecule has 0 unspecified atom stereocenters. The number of nitrogens with one attached hydrogen (secondary N) is 3. The van der Waals surface area contributed by atoms with E-state index in [9.17, 15) is 9.59 Å². The van der Waals surface area contributed by atoms with E-state index in [1.54, 1.807) is 43.3 Å². The highest BCUT2D eigenvalue weighted by Gasteiger charge is 2.08. The molecule has 0 heterocycles. The van der Waals surface area contributed by atoms with Crippen LogP contribution in [0.5, 0.6) is 0 Å². The summed E-state index contributed by atoms with van der Waals surface area (Å²) >= 11 is 5.15. The van der Waals surface area contributed by atoms with Gasteiger partial charge in [0.25, 0.3) is 5.91 Å². The lowest BCUT2D eigenvalue weighted by Crippen LogP contribution is -2.34. The lowest BCUT2D eigenvalue weighted by atomic mass is 10.1. The van der Waals surface area contributed by atoms with E-state index in [2.05, 4.69) is 16.0 Å². The van der Waals surface area contributed by atoms with Crippen molar-refractivity contribution >= 4 is 40.5 Å². The van der Waals surface area contributed by atoms with E-state index in [0.717, 1.165) is 11.3 Å². The van der Waals surface area contributed by atoms with Crippen molar-refractivity contribution in [2.75, 3.05) is 10.6 Å². The summed E-state index contributed by atoms with van der Waals surface area (Å²) in [5.74, 6) is -0.306. The van der Waals surface area contributed by atoms with Crippen LogP contribution in [0.25, 0.3) is 0 Å². The maximum Gasteiger partial charge on any atom is 0.257 e. The van der Waals surface area contributed by atoms with Crippen molar-refractivity contribution in [2.24, 2.45) is 0 Å². The average Bonchev–Trinajstić information content (AvgIpc) is 2.56. The Morgan fingerprint density at radius 3 is 2.21 bits per heavy atom. The fourth-order valence-corrected chi connectivity index (χ4v) is 2.22. The Labute approximate surface area is 146 Å². The largest absolute Gasteiger partial charge is 0.332 e. The summed E-state index contributed by atoms with van der Waals surface area (Å²) in [5.41, 5.74) is 2.99. The van der Waals surface area contributed by atoms with Gasteiger partial charge in [0, 0.05) is 23.4 Å². The molecule has 124 valence electrons. The monoisotopic (exact) mass is 341 g/mol. The number of rotatable bonds is 4.